The van der Waals surface area contributed by atoms with E-state index in [0.29, 0.717) is 5.84 Å². The van der Waals surface area contributed by atoms with Gasteiger partial charge in [-0.3, -0.25) is 4.79 Å². The molecule has 1 N–H and O–H groups in total. The molecule has 146 valence electrons. The number of carbonyl (C=O) groups excluding carboxylic acids is 1. The van der Waals surface area contributed by atoms with E-state index in [0.717, 1.165) is 41.2 Å². The predicted octanol–water partition coefficient (Wildman–Crippen LogP) is 6.23. The third-order valence-electron chi connectivity index (χ3n) is 4.18. The van der Waals surface area contributed by atoms with Crippen LogP contribution in [-0.2, 0) is 9.53 Å². The number of carbonyl (C=O) groups is 1. The molecule has 1 unspecified atom stereocenters. The van der Waals surface area contributed by atoms with Crippen LogP contribution < -0.4 is 5.32 Å². The number of hydrogen-bond acceptors (Lipinski definition) is 3. The average molecular weight is 369 g/mol. The number of allylic oxidation sites excluding steroid dienone is 3. The molecular formula is C23H32N2O2. The van der Waals surface area contributed by atoms with E-state index >= 15 is 0 Å². The summed E-state index contributed by atoms with van der Waals surface area (Å²) in [7, 11) is 0. The standard InChI is InChI=1S/C23H32N2O2/c1-8-12-17(6)27-22(11-4)20-14-13-19(10-3)21(15-20)25-23(16(5)9-2)24-18(7)26/h10-16H,3,8-9H2,1-2,4-7H3,(H,24,25,26)/b17-12+,22-11-. The van der Waals surface area contributed by atoms with Crippen molar-refractivity contribution in [2.24, 2.45) is 10.9 Å². The minimum Gasteiger partial charge on any atom is -0.462 e. The van der Waals surface area contributed by atoms with Gasteiger partial charge in [0, 0.05) is 18.4 Å². The second-order valence-electron chi connectivity index (χ2n) is 6.44. The van der Waals surface area contributed by atoms with Crippen LogP contribution in [0.25, 0.3) is 11.8 Å². The van der Waals surface area contributed by atoms with Crippen molar-refractivity contribution < 1.29 is 9.53 Å². The largest absolute Gasteiger partial charge is 0.462 e. The van der Waals surface area contributed by atoms with Gasteiger partial charge in [0.15, 0.2) is 0 Å². The molecule has 0 bridgehead atoms. The molecule has 1 rings (SSSR count). The summed E-state index contributed by atoms with van der Waals surface area (Å²) >= 11 is 0. The van der Waals surface area contributed by atoms with E-state index in [2.05, 4.69) is 25.7 Å². The van der Waals surface area contributed by atoms with Crippen molar-refractivity contribution >= 4 is 29.3 Å². The maximum atomic E-state index is 11.6. The molecule has 0 aromatic heterocycles. The molecule has 0 saturated heterocycles. The second kappa shape index (κ2) is 11.2. The summed E-state index contributed by atoms with van der Waals surface area (Å²) in [5.74, 6) is 2.32. The Labute approximate surface area is 163 Å². The molecule has 1 atom stereocenters. The number of nitrogens with zero attached hydrogens (tertiary/aromatic N) is 1. The number of amidine groups is 1. The number of nitrogens with one attached hydrogen (secondary N) is 1. The first-order valence-corrected chi connectivity index (χ1v) is 9.50. The lowest BCUT2D eigenvalue weighted by Crippen LogP contribution is -2.32. The summed E-state index contributed by atoms with van der Waals surface area (Å²) in [5, 5.41) is 2.86. The zero-order chi connectivity index (χ0) is 20.4. The van der Waals surface area contributed by atoms with Crippen LogP contribution in [0.1, 0.15) is 65.5 Å². The smallest absolute Gasteiger partial charge is 0.222 e. The number of benzene rings is 1. The molecule has 4 nitrogen and oxygen atoms in total. The lowest BCUT2D eigenvalue weighted by molar-refractivity contribution is -0.117. The van der Waals surface area contributed by atoms with Crippen LogP contribution in [0.2, 0.25) is 0 Å². The summed E-state index contributed by atoms with van der Waals surface area (Å²) in [6.45, 7) is 15.5. The van der Waals surface area contributed by atoms with Gasteiger partial charge >= 0.3 is 0 Å². The second-order valence-corrected chi connectivity index (χ2v) is 6.44. The average Bonchev–Trinajstić information content (AvgIpc) is 2.64. The highest BCUT2D eigenvalue weighted by atomic mass is 16.5. The van der Waals surface area contributed by atoms with Gasteiger partial charge in [-0.15, -0.1) is 0 Å². The van der Waals surface area contributed by atoms with Crippen LogP contribution in [0.15, 0.2) is 47.7 Å². The van der Waals surface area contributed by atoms with Crippen molar-refractivity contribution in [3.63, 3.8) is 0 Å². The Bertz CT molecular complexity index is 758. The highest BCUT2D eigenvalue weighted by Crippen LogP contribution is 2.28. The summed E-state index contributed by atoms with van der Waals surface area (Å²) in [6.07, 6.45) is 7.55. The van der Waals surface area contributed by atoms with Crippen molar-refractivity contribution in [2.45, 2.75) is 54.4 Å². The number of ether oxygens (including phenoxy) is 1. The molecule has 1 aromatic carbocycles. The highest BCUT2D eigenvalue weighted by Gasteiger charge is 2.13. The fourth-order valence-electron chi connectivity index (χ4n) is 2.52. The maximum Gasteiger partial charge on any atom is 0.222 e. The van der Waals surface area contributed by atoms with Gasteiger partial charge in [0.05, 0.1) is 11.4 Å². The van der Waals surface area contributed by atoms with Crippen LogP contribution in [-0.4, -0.2) is 11.7 Å². The molecule has 1 aromatic rings. The quantitative estimate of drug-likeness (QED) is 0.336. The zero-order valence-corrected chi connectivity index (χ0v) is 17.4. The van der Waals surface area contributed by atoms with Crippen molar-refractivity contribution in [2.75, 3.05) is 0 Å². The fourth-order valence-corrected chi connectivity index (χ4v) is 2.52. The van der Waals surface area contributed by atoms with E-state index < -0.39 is 0 Å². The Morgan fingerprint density at radius 2 is 2.04 bits per heavy atom. The molecule has 0 heterocycles. The fraction of sp³-hybridized carbons (Fsp3) is 0.391. The molecule has 0 fully saturated rings. The first-order chi connectivity index (χ1) is 12.9. The van der Waals surface area contributed by atoms with Gasteiger partial charge in [-0.05, 0) is 50.5 Å². The Morgan fingerprint density at radius 3 is 2.56 bits per heavy atom. The first kappa shape index (κ1) is 22.4. The van der Waals surface area contributed by atoms with Crippen LogP contribution in [0.3, 0.4) is 0 Å². The van der Waals surface area contributed by atoms with Gasteiger partial charge in [-0.1, -0.05) is 45.6 Å². The SMILES string of the molecule is C=Cc1ccc(/C(=C/C)O/C(C)=C/CC)cc1N=C(NC(C)=O)C(C)CC. The van der Waals surface area contributed by atoms with E-state index in [9.17, 15) is 4.79 Å². The molecule has 0 saturated carbocycles. The molecule has 0 aliphatic heterocycles. The van der Waals surface area contributed by atoms with Crippen LogP contribution in [0, 0.1) is 5.92 Å². The summed E-state index contributed by atoms with van der Waals surface area (Å²) in [5.41, 5.74) is 2.59. The molecule has 4 heteroatoms. The van der Waals surface area contributed by atoms with Gasteiger partial charge in [0.2, 0.25) is 5.91 Å². The minimum absolute atomic E-state index is 0.122. The van der Waals surface area contributed by atoms with E-state index in [1.807, 2.05) is 51.1 Å². The summed E-state index contributed by atoms with van der Waals surface area (Å²) in [6, 6.07) is 5.93. The molecule has 0 aliphatic carbocycles. The topological polar surface area (TPSA) is 50.7 Å². The van der Waals surface area contributed by atoms with Gasteiger partial charge in [-0.25, -0.2) is 4.99 Å². The highest BCUT2D eigenvalue weighted by molar-refractivity contribution is 5.99. The van der Waals surface area contributed by atoms with Gasteiger partial charge in [-0.2, -0.15) is 0 Å². The Balaban J connectivity index is 3.39. The molecule has 0 radical (unpaired) electrons. The van der Waals surface area contributed by atoms with Crippen LogP contribution in [0.4, 0.5) is 5.69 Å². The van der Waals surface area contributed by atoms with Crippen molar-refractivity contribution in [3.8, 4) is 0 Å². The normalized spacial score (nSPS) is 13.9. The summed E-state index contributed by atoms with van der Waals surface area (Å²) < 4.78 is 5.97. The molecule has 27 heavy (non-hydrogen) atoms. The molecule has 0 spiro atoms. The van der Waals surface area contributed by atoms with E-state index in [1.165, 1.54) is 6.92 Å². The van der Waals surface area contributed by atoms with E-state index in [-0.39, 0.29) is 11.8 Å². The number of aliphatic imine (C=N–C) groups is 1. The Morgan fingerprint density at radius 1 is 1.33 bits per heavy atom. The Kier molecular flexibility index (Phi) is 9.27. The van der Waals surface area contributed by atoms with Gasteiger partial charge < -0.3 is 10.1 Å². The van der Waals surface area contributed by atoms with Crippen molar-refractivity contribution in [3.05, 3.63) is 53.8 Å². The van der Waals surface area contributed by atoms with Crippen LogP contribution >= 0.6 is 0 Å². The lowest BCUT2D eigenvalue weighted by Gasteiger charge is -2.15. The van der Waals surface area contributed by atoms with Gasteiger partial charge in [0.25, 0.3) is 0 Å². The number of amides is 1. The first-order valence-electron chi connectivity index (χ1n) is 9.50. The van der Waals surface area contributed by atoms with Crippen molar-refractivity contribution in [1.82, 2.24) is 5.32 Å². The van der Waals surface area contributed by atoms with Crippen molar-refractivity contribution in [1.29, 1.82) is 0 Å². The summed E-state index contributed by atoms with van der Waals surface area (Å²) in [4.78, 5) is 16.3. The molecule has 1 amide bonds. The molecule has 0 aliphatic rings. The predicted molar refractivity (Wildman–Crippen MR) is 116 cm³/mol. The maximum absolute atomic E-state index is 11.6. The molecular weight excluding hydrogens is 336 g/mol. The monoisotopic (exact) mass is 368 g/mol. The third-order valence-corrected chi connectivity index (χ3v) is 4.18. The minimum atomic E-state index is -0.122. The third kappa shape index (κ3) is 6.89. The number of rotatable bonds is 8. The van der Waals surface area contributed by atoms with Gasteiger partial charge in [0.1, 0.15) is 11.6 Å². The zero-order valence-electron chi connectivity index (χ0n) is 17.4. The number of hydrogen-bond donors (Lipinski definition) is 1. The Hall–Kier alpha value is -2.62. The van der Waals surface area contributed by atoms with Crippen LogP contribution in [0.5, 0.6) is 0 Å². The van der Waals surface area contributed by atoms with E-state index in [1.54, 1.807) is 6.08 Å². The van der Waals surface area contributed by atoms with E-state index in [4.69, 9.17) is 9.73 Å². The lowest BCUT2D eigenvalue weighted by atomic mass is 10.1.